The topological polar surface area (TPSA) is 72.9 Å². The number of nitrogens with zero attached hydrogens (tertiary/aromatic N) is 2. The number of alkyl halides is 3. The SMILES string of the molecule is CC(C)C(CNCCCN)c1nc2cc(C(F)(F)F)ccc2c(=O)n1Cc1ccccc1. The fraction of sp³-hybridized carbons (Fsp3) is 0.417. The molecule has 0 amide bonds. The fourth-order valence-corrected chi connectivity index (χ4v) is 3.73. The van der Waals surface area contributed by atoms with Crippen LogP contribution in [0.5, 0.6) is 0 Å². The molecular formula is C24H29F3N4O. The lowest BCUT2D eigenvalue weighted by Crippen LogP contribution is -2.34. The van der Waals surface area contributed by atoms with Gasteiger partial charge in [0.25, 0.3) is 5.56 Å². The number of hydrogen-bond acceptors (Lipinski definition) is 4. The summed E-state index contributed by atoms with van der Waals surface area (Å²) in [4.78, 5) is 18.0. The van der Waals surface area contributed by atoms with Crippen molar-refractivity contribution in [2.24, 2.45) is 11.7 Å². The van der Waals surface area contributed by atoms with E-state index in [2.05, 4.69) is 10.3 Å². The molecule has 0 spiro atoms. The predicted octanol–water partition coefficient (Wildman–Crippen LogP) is 4.14. The van der Waals surface area contributed by atoms with Crippen molar-refractivity contribution in [3.63, 3.8) is 0 Å². The molecule has 0 aliphatic rings. The molecule has 0 aliphatic heterocycles. The molecule has 3 N–H and O–H groups in total. The molecule has 0 aliphatic carbocycles. The molecule has 0 saturated heterocycles. The third-order valence-electron chi connectivity index (χ3n) is 5.55. The molecular weight excluding hydrogens is 417 g/mol. The van der Waals surface area contributed by atoms with E-state index in [4.69, 9.17) is 5.73 Å². The summed E-state index contributed by atoms with van der Waals surface area (Å²) in [5, 5.41) is 3.52. The van der Waals surface area contributed by atoms with Crippen molar-refractivity contribution in [1.29, 1.82) is 0 Å². The first-order valence-electron chi connectivity index (χ1n) is 10.8. The molecule has 1 atom stereocenters. The van der Waals surface area contributed by atoms with E-state index in [9.17, 15) is 18.0 Å². The summed E-state index contributed by atoms with van der Waals surface area (Å²) in [5.41, 5.74) is 5.40. The number of fused-ring (bicyclic) bond motifs is 1. The Morgan fingerprint density at radius 3 is 2.47 bits per heavy atom. The van der Waals surface area contributed by atoms with Gasteiger partial charge in [-0.25, -0.2) is 4.98 Å². The molecule has 1 aromatic heterocycles. The minimum absolute atomic E-state index is 0.0664. The van der Waals surface area contributed by atoms with Gasteiger partial charge in [-0.15, -0.1) is 0 Å². The monoisotopic (exact) mass is 446 g/mol. The van der Waals surface area contributed by atoms with Crippen molar-refractivity contribution in [3.05, 3.63) is 75.8 Å². The summed E-state index contributed by atoms with van der Waals surface area (Å²) in [6, 6.07) is 12.6. The first kappa shape index (κ1) is 23.9. The minimum atomic E-state index is -4.50. The Balaban J connectivity index is 2.16. The summed E-state index contributed by atoms with van der Waals surface area (Å²) in [5.74, 6) is 0.432. The summed E-state index contributed by atoms with van der Waals surface area (Å²) < 4.78 is 41.4. The van der Waals surface area contributed by atoms with E-state index in [1.54, 1.807) is 4.57 Å². The zero-order chi connectivity index (χ0) is 23.3. The van der Waals surface area contributed by atoms with E-state index in [1.165, 1.54) is 6.07 Å². The van der Waals surface area contributed by atoms with Crippen molar-refractivity contribution >= 4 is 10.9 Å². The third kappa shape index (κ3) is 5.55. The van der Waals surface area contributed by atoms with Gasteiger partial charge < -0.3 is 11.1 Å². The van der Waals surface area contributed by atoms with E-state index < -0.39 is 11.7 Å². The van der Waals surface area contributed by atoms with Crippen molar-refractivity contribution < 1.29 is 13.2 Å². The Morgan fingerprint density at radius 1 is 1.12 bits per heavy atom. The molecule has 0 fully saturated rings. The second-order valence-corrected chi connectivity index (χ2v) is 8.27. The molecule has 172 valence electrons. The van der Waals surface area contributed by atoms with E-state index in [1.807, 2.05) is 44.2 Å². The van der Waals surface area contributed by atoms with Gasteiger partial charge in [0, 0.05) is 12.5 Å². The van der Waals surface area contributed by atoms with E-state index in [0.29, 0.717) is 32.0 Å². The van der Waals surface area contributed by atoms with Crippen LogP contribution in [-0.4, -0.2) is 29.2 Å². The first-order valence-corrected chi connectivity index (χ1v) is 10.8. The summed E-state index contributed by atoms with van der Waals surface area (Å²) in [6.07, 6.45) is -3.70. The van der Waals surface area contributed by atoms with E-state index in [0.717, 1.165) is 24.1 Å². The highest BCUT2D eigenvalue weighted by Crippen LogP contribution is 2.31. The van der Waals surface area contributed by atoms with Crippen LogP contribution < -0.4 is 16.6 Å². The van der Waals surface area contributed by atoms with Crippen LogP contribution >= 0.6 is 0 Å². The second kappa shape index (κ2) is 10.3. The smallest absolute Gasteiger partial charge is 0.330 e. The van der Waals surface area contributed by atoms with Crippen LogP contribution in [0.2, 0.25) is 0 Å². The van der Waals surface area contributed by atoms with Gasteiger partial charge >= 0.3 is 6.18 Å². The van der Waals surface area contributed by atoms with E-state index in [-0.39, 0.29) is 28.3 Å². The molecule has 3 rings (SSSR count). The second-order valence-electron chi connectivity index (χ2n) is 8.27. The number of nitrogens with two attached hydrogens (primary N) is 1. The highest BCUT2D eigenvalue weighted by Gasteiger charge is 2.31. The molecule has 0 bridgehead atoms. The summed E-state index contributed by atoms with van der Waals surface area (Å²) >= 11 is 0. The third-order valence-corrected chi connectivity index (χ3v) is 5.55. The highest BCUT2D eigenvalue weighted by molar-refractivity contribution is 5.78. The van der Waals surface area contributed by atoms with Crippen LogP contribution in [0.1, 0.15) is 43.1 Å². The number of benzene rings is 2. The molecule has 1 heterocycles. The average molecular weight is 447 g/mol. The number of halogens is 3. The van der Waals surface area contributed by atoms with Crippen molar-refractivity contribution in [2.45, 2.75) is 38.9 Å². The van der Waals surface area contributed by atoms with Crippen LogP contribution in [0.25, 0.3) is 10.9 Å². The highest BCUT2D eigenvalue weighted by atomic mass is 19.4. The molecule has 1 unspecified atom stereocenters. The number of hydrogen-bond donors (Lipinski definition) is 2. The van der Waals surface area contributed by atoms with Gasteiger partial charge in [0.2, 0.25) is 0 Å². The predicted molar refractivity (Wildman–Crippen MR) is 121 cm³/mol. The molecule has 8 heteroatoms. The van der Waals surface area contributed by atoms with Crippen LogP contribution in [0.3, 0.4) is 0 Å². The fourth-order valence-electron chi connectivity index (χ4n) is 3.73. The van der Waals surface area contributed by atoms with Crippen LogP contribution in [0, 0.1) is 5.92 Å². The Hall–Kier alpha value is -2.71. The van der Waals surface area contributed by atoms with Gasteiger partial charge in [0.15, 0.2) is 0 Å². The van der Waals surface area contributed by atoms with Crippen molar-refractivity contribution in [2.75, 3.05) is 19.6 Å². The molecule has 0 radical (unpaired) electrons. The van der Waals surface area contributed by atoms with Gasteiger partial charge in [-0.3, -0.25) is 9.36 Å². The maximum absolute atomic E-state index is 13.4. The molecule has 5 nitrogen and oxygen atoms in total. The largest absolute Gasteiger partial charge is 0.416 e. The summed E-state index contributed by atoms with van der Waals surface area (Å²) in [6.45, 7) is 6.16. The molecule has 2 aromatic carbocycles. The lowest BCUT2D eigenvalue weighted by atomic mass is 9.94. The number of rotatable bonds is 9. The van der Waals surface area contributed by atoms with Crippen LogP contribution in [-0.2, 0) is 12.7 Å². The average Bonchev–Trinajstić information content (AvgIpc) is 2.75. The Labute approximate surface area is 185 Å². The normalized spacial score (nSPS) is 13.1. The standard InChI is InChI=1S/C24H29F3N4O/c1-16(2)20(14-29-12-6-11-28)22-30-21-13-18(24(25,26)27)9-10-19(21)23(32)31(22)15-17-7-4-3-5-8-17/h3-5,7-10,13,16,20,29H,6,11-12,14-15,28H2,1-2H3. The lowest BCUT2D eigenvalue weighted by molar-refractivity contribution is -0.137. The zero-order valence-corrected chi connectivity index (χ0v) is 18.3. The first-order chi connectivity index (χ1) is 15.2. The van der Waals surface area contributed by atoms with Crippen LogP contribution in [0.4, 0.5) is 13.2 Å². The van der Waals surface area contributed by atoms with Crippen molar-refractivity contribution in [3.8, 4) is 0 Å². The quantitative estimate of drug-likeness (QED) is 0.485. The van der Waals surface area contributed by atoms with Gasteiger partial charge in [0.05, 0.1) is 23.0 Å². The lowest BCUT2D eigenvalue weighted by Gasteiger charge is -2.25. The van der Waals surface area contributed by atoms with Crippen LogP contribution in [0.15, 0.2) is 53.3 Å². The Morgan fingerprint density at radius 2 is 1.84 bits per heavy atom. The maximum atomic E-state index is 13.4. The number of aromatic nitrogens is 2. The number of nitrogens with one attached hydrogen (secondary N) is 1. The van der Waals surface area contributed by atoms with Gasteiger partial charge in [-0.1, -0.05) is 44.2 Å². The van der Waals surface area contributed by atoms with Crippen molar-refractivity contribution in [1.82, 2.24) is 14.9 Å². The Bertz CT molecular complexity index is 1090. The van der Waals surface area contributed by atoms with Gasteiger partial charge in [0.1, 0.15) is 5.82 Å². The van der Waals surface area contributed by atoms with Gasteiger partial charge in [-0.2, -0.15) is 13.2 Å². The zero-order valence-electron chi connectivity index (χ0n) is 18.3. The maximum Gasteiger partial charge on any atom is 0.416 e. The molecule has 3 aromatic rings. The Kier molecular flexibility index (Phi) is 7.69. The molecule has 0 saturated carbocycles. The van der Waals surface area contributed by atoms with Gasteiger partial charge in [-0.05, 0) is 49.2 Å². The summed E-state index contributed by atoms with van der Waals surface area (Å²) in [7, 11) is 0. The molecule has 32 heavy (non-hydrogen) atoms. The van der Waals surface area contributed by atoms with E-state index >= 15 is 0 Å². The minimum Gasteiger partial charge on any atom is -0.330 e.